The summed E-state index contributed by atoms with van der Waals surface area (Å²) in [5.41, 5.74) is 4.78. The zero-order chi connectivity index (χ0) is 15.6. The Hall–Kier alpha value is -1.34. The lowest BCUT2D eigenvalue weighted by molar-refractivity contribution is -0.130. The maximum absolute atomic E-state index is 12.0. The third-order valence-corrected chi connectivity index (χ3v) is 4.02. The molecule has 1 heterocycles. The topological polar surface area (TPSA) is 105 Å². The molecule has 4 amide bonds. The first-order valence-electron chi connectivity index (χ1n) is 7.48. The highest BCUT2D eigenvalue weighted by Gasteiger charge is 2.43. The van der Waals surface area contributed by atoms with Crippen LogP contribution in [0.1, 0.15) is 39.5 Å². The lowest BCUT2D eigenvalue weighted by Gasteiger charge is -2.17. The molecule has 2 fully saturated rings. The summed E-state index contributed by atoms with van der Waals surface area (Å²) in [7, 11) is 0. The van der Waals surface area contributed by atoms with Gasteiger partial charge in [0.25, 0.3) is 5.91 Å². The van der Waals surface area contributed by atoms with Gasteiger partial charge in [-0.15, -0.1) is 12.4 Å². The number of imide groups is 1. The molecule has 1 aliphatic carbocycles. The maximum atomic E-state index is 12.0. The van der Waals surface area contributed by atoms with Crippen molar-refractivity contribution < 1.29 is 14.4 Å². The normalized spacial score (nSPS) is 21.1. The second-order valence-corrected chi connectivity index (χ2v) is 6.36. The molecule has 0 aromatic carbocycles. The van der Waals surface area contributed by atoms with Crippen molar-refractivity contribution in [3.63, 3.8) is 0 Å². The quantitative estimate of drug-likeness (QED) is 0.586. The minimum atomic E-state index is -0.851. The number of nitrogens with one attached hydrogen (secondary N) is 2. The van der Waals surface area contributed by atoms with Gasteiger partial charge in [-0.3, -0.25) is 14.5 Å². The summed E-state index contributed by atoms with van der Waals surface area (Å²) in [5.74, 6) is 0.208. The van der Waals surface area contributed by atoms with Crippen molar-refractivity contribution in [3.8, 4) is 0 Å². The van der Waals surface area contributed by atoms with Crippen LogP contribution >= 0.6 is 12.4 Å². The zero-order valence-corrected chi connectivity index (χ0v) is 13.9. The van der Waals surface area contributed by atoms with Crippen molar-refractivity contribution in [1.82, 2.24) is 15.5 Å². The van der Waals surface area contributed by atoms with Crippen LogP contribution in [0.4, 0.5) is 4.79 Å². The SMILES string of the molecule is CC1(C)NC(=O)N(CCCC(=O)NC(CN)C2CC2)C1=O.Cl. The number of carbonyl (C=O) groups is 3. The highest BCUT2D eigenvalue weighted by atomic mass is 35.5. The van der Waals surface area contributed by atoms with Gasteiger partial charge in [0, 0.05) is 25.6 Å². The van der Waals surface area contributed by atoms with Crippen LogP contribution in [0.5, 0.6) is 0 Å². The first-order valence-corrected chi connectivity index (χ1v) is 7.48. The molecule has 1 saturated carbocycles. The predicted molar refractivity (Wildman–Crippen MR) is 84.5 cm³/mol. The molecule has 4 N–H and O–H groups in total. The van der Waals surface area contributed by atoms with E-state index in [9.17, 15) is 14.4 Å². The molecule has 8 heteroatoms. The monoisotopic (exact) mass is 332 g/mol. The smallest absolute Gasteiger partial charge is 0.325 e. The number of amides is 4. The highest BCUT2D eigenvalue weighted by Crippen LogP contribution is 2.32. The number of hydrogen-bond acceptors (Lipinski definition) is 4. The third kappa shape index (κ3) is 4.33. The van der Waals surface area contributed by atoms with Crippen molar-refractivity contribution in [3.05, 3.63) is 0 Å². The summed E-state index contributed by atoms with van der Waals surface area (Å²) in [6.07, 6.45) is 3.00. The van der Waals surface area contributed by atoms with Crippen molar-refractivity contribution in [1.29, 1.82) is 0 Å². The molecule has 2 rings (SSSR count). The van der Waals surface area contributed by atoms with E-state index >= 15 is 0 Å². The second-order valence-electron chi connectivity index (χ2n) is 6.36. The van der Waals surface area contributed by atoms with E-state index in [4.69, 9.17) is 5.73 Å². The van der Waals surface area contributed by atoms with Gasteiger partial charge in [-0.25, -0.2) is 4.79 Å². The molecule has 0 aromatic rings. The van der Waals surface area contributed by atoms with Crippen LogP contribution in [0.15, 0.2) is 0 Å². The van der Waals surface area contributed by atoms with Gasteiger partial charge in [0.15, 0.2) is 0 Å². The Morgan fingerprint density at radius 2 is 2.09 bits per heavy atom. The standard InChI is InChI=1S/C14H24N4O3.ClH/c1-14(2)12(20)18(13(21)17-14)7-3-4-11(19)16-10(8-15)9-5-6-9;/h9-10H,3-8,15H2,1-2H3,(H,16,19)(H,17,21);1H. The van der Waals surface area contributed by atoms with Gasteiger partial charge in [0.1, 0.15) is 5.54 Å². The minimum absolute atomic E-state index is 0. The largest absolute Gasteiger partial charge is 0.352 e. The van der Waals surface area contributed by atoms with E-state index in [1.165, 1.54) is 4.90 Å². The number of nitrogens with zero attached hydrogens (tertiary/aromatic N) is 1. The molecule has 0 radical (unpaired) electrons. The summed E-state index contributed by atoms with van der Waals surface area (Å²) in [6, 6.07) is -0.323. The molecular weight excluding hydrogens is 308 g/mol. The fourth-order valence-electron chi connectivity index (χ4n) is 2.57. The molecule has 126 valence electrons. The fourth-order valence-corrected chi connectivity index (χ4v) is 2.57. The fraction of sp³-hybridized carbons (Fsp3) is 0.786. The predicted octanol–water partition coefficient (Wildman–Crippen LogP) is 0.372. The van der Waals surface area contributed by atoms with Crippen LogP contribution in [0.3, 0.4) is 0 Å². The summed E-state index contributed by atoms with van der Waals surface area (Å²) >= 11 is 0. The van der Waals surface area contributed by atoms with Crippen LogP contribution in [-0.4, -0.2) is 47.4 Å². The third-order valence-electron chi connectivity index (χ3n) is 4.02. The average Bonchev–Trinajstić information content (AvgIpc) is 3.20. The van der Waals surface area contributed by atoms with Crippen LogP contribution in [0.2, 0.25) is 0 Å². The Kier molecular flexibility index (Phi) is 6.19. The van der Waals surface area contributed by atoms with Crippen LogP contribution in [0.25, 0.3) is 0 Å². The Morgan fingerprint density at radius 1 is 1.45 bits per heavy atom. The van der Waals surface area contributed by atoms with E-state index in [2.05, 4.69) is 10.6 Å². The minimum Gasteiger partial charge on any atom is -0.352 e. The van der Waals surface area contributed by atoms with E-state index in [0.29, 0.717) is 25.3 Å². The maximum Gasteiger partial charge on any atom is 0.325 e. The Labute approximate surface area is 136 Å². The van der Waals surface area contributed by atoms with Gasteiger partial charge < -0.3 is 16.4 Å². The second kappa shape index (κ2) is 7.28. The summed E-state index contributed by atoms with van der Waals surface area (Å²) in [6.45, 7) is 4.05. The van der Waals surface area contributed by atoms with Gasteiger partial charge in [0.05, 0.1) is 0 Å². The molecular formula is C14H25ClN4O3. The van der Waals surface area contributed by atoms with Crippen molar-refractivity contribution in [2.75, 3.05) is 13.1 Å². The number of rotatable bonds is 7. The molecule has 1 aliphatic heterocycles. The molecule has 0 spiro atoms. The molecule has 1 atom stereocenters. The van der Waals surface area contributed by atoms with Crippen molar-refractivity contribution in [2.24, 2.45) is 11.7 Å². The number of halogens is 1. The number of urea groups is 1. The number of nitrogens with two attached hydrogens (primary N) is 1. The van der Waals surface area contributed by atoms with Crippen molar-refractivity contribution >= 4 is 30.3 Å². The van der Waals surface area contributed by atoms with E-state index in [0.717, 1.165) is 12.8 Å². The molecule has 7 nitrogen and oxygen atoms in total. The molecule has 22 heavy (non-hydrogen) atoms. The molecule has 1 unspecified atom stereocenters. The Bertz CT molecular complexity index is 451. The lowest BCUT2D eigenvalue weighted by Crippen LogP contribution is -2.42. The Balaban J connectivity index is 0.00000242. The van der Waals surface area contributed by atoms with Gasteiger partial charge in [-0.2, -0.15) is 0 Å². The zero-order valence-electron chi connectivity index (χ0n) is 13.1. The number of carbonyl (C=O) groups excluding carboxylic acids is 3. The average molecular weight is 333 g/mol. The van der Waals surface area contributed by atoms with Crippen LogP contribution in [-0.2, 0) is 9.59 Å². The van der Waals surface area contributed by atoms with Gasteiger partial charge in [-0.05, 0) is 39.0 Å². The number of hydrogen-bond donors (Lipinski definition) is 3. The van der Waals surface area contributed by atoms with E-state index in [1.54, 1.807) is 13.8 Å². The van der Waals surface area contributed by atoms with Gasteiger partial charge in [-0.1, -0.05) is 0 Å². The molecule has 0 bridgehead atoms. The van der Waals surface area contributed by atoms with Gasteiger partial charge >= 0.3 is 6.03 Å². The van der Waals surface area contributed by atoms with Crippen molar-refractivity contribution in [2.45, 2.75) is 51.1 Å². The Morgan fingerprint density at radius 3 is 2.55 bits per heavy atom. The summed E-state index contributed by atoms with van der Waals surface area (Å²) in [4.78, 5) is 36.6. The molecule has 0 aromatic heterocycles. The van der Waals surface area contributed by atoms with Crippen LogP contribution < -0.4 is 16.4 Å². The molecule has 2 aliphatic rings. The van der Waals surface area contributed by atoms with Gasteiger partial charge in [0.2, 0.25) is 5.91 Å². The van der Waals surface area contributed by atoms with E-state index in [-0.39, 0.29) is 42.8 Å². The van der Waals surface area contributed by atoms with E-state index < -0.39 is 5.54 Å². The highest BCUT2D eigenvalue weighted by molar-refractivity contribution is 6.06. The first kappa shape index (κ1) is 18.7. The summed E-state index contributed by atoms with van der Waals surface area (Å²) in [5, 5.41) is 5.54. The molecule has 1 saturated heterocycles. The van der Waals surface area contributed by atoms with Crippen LogP contribution in [0, 0.1) is 5.92 Å². The first-order chi connectivity index (χ1) is 9.85. The lowest BCUT2D eigenvalue weighted by atomic mass is 10.1. The summed E-state index contributed by atoms with van der Waals surface area (Å²) < 4.78 is 0. The van der Waals surface area contributed by atoms with E-state index in [1.807, 2.05) is 0 Å².